The molecule has 1 aromatic heterocycles. The van der Waals surface area contributed by atoms with Crippen molar-refractivity contribution >= 4 is 23.0 Å². The molecule has 10 heteroatoms. The number of aryl methyl sites for hydroxylation is 1. The van der Waals surface area contributed by atoms with E-state index in [4.69, 9.17) is 4.74 Å². The first-order valence-electron chi connectivity index (χ1n) is 9.13. The van der Waals surface area contributed by atoms with E-state index in [9.17, 15) is 25.0 Å². The van der Waals surface area contributed by atoms with Gasteiger partial charge in [-0.1, -0.05) is 12.1 Å². The molecular formula is C21H18N4O6. The number of nitro groups is 2. The van der Waals surface area contributed by atoms with Gasteiger partial charge in [0.2, 0.25) is 5.88 Å². The van der Waals surface area contributed by atoms with Crippen LogP contribution in [0.5, 0.6) is 11.6 Å². The number of non-ortho nitro benzene ring substituents is 1. The highest BCUT2D eigenvalue weighted by Crippen LogP contribution is 2.32. The number of benzene rings is 2. The Balaban J connectivity index is 1.97. The summed E-state index contributed by atoms with van der Waals surface area (Å²) in [6.45, 7) is 5.17. The number of carbonyl (C=O) groups is 1. The molecule has 0 aliphatic rings. The molecule has 31 heavy (non-hydrogen) atoms. The Kier molecular flexibility index (Phi) is 5.91. The highest BCUT2D eigenvalue weighted by Gasteiger charge is 2.25. The number of nitrogens with one attached hydrogen (secondary N) is 1. The van der Waals surface area contributed by atoms with Crippen LogP contribution in [0.3, 0.4) is 0 Å². The summed E-state index contributed by atoms with van der Waals surface area (Å²) < 4.78 is 5.87. The summed E-state index contributed by atoms with van der Waals surface area (Å²) in [5, 5.41) is 25.0. The molecular weight excluding hydrogens is 404 g/mol. The predicted octanol–water partition coefficient (Wildman–Crippen LogP) is 4.87. The van der Waals surface area contributed by atoms with Gasteiger partial charge >= 0.3 is 0 Å². The van der Waals surface area contributed by atoms with Gasteiger partial charge in [0.15, 0.2) is 0 Å². The molecule has 0 spiro atoms. The van der Waals surface area contributed by atoms with Gasteiger partial charge < -0.3 is 10.1 Å². The Morgan fingerprint density at radius 1 is 1.00 bits per heavy atom. The van der Waals surface area contributed by atoms with Crippen LogP contribution >= 0.6 is 0 Å². The first kappa shape index (κ1) is 21.4. The zero-order valence-electron chi connectivity index (χ0n) is 16.9. The average Bonchev–Trinajstić information content (AvgIpc) is 2.72. The maximum Gasteiger partial charge on any atom is 0.279 e. The zero-order valence-corrected chi connectivity index (χ0v) is 16.9. The van der Waals surface area contributed by atoms with Crippen LogP contribution in [0, 0.1) is 41.0 Å². The molecule has 0 radical (unpaired) electrons. The predicted molar refractivity (Wildman–Crippen MR) is 113 cm³/mol. The molecule has 2 aromatic carbocycles. The Labute approximate surface area is 176 Å². The normalized spacial score (nSPS) is 10.4. The molecule has 0 bridgehead atoms. The highest BCUT2D eigenvalue weighted by atomic mass is 16.6. The highest BCUT2D eigenvalue weighted by molar-refractivity contribution is 6.07. The van der Waals surface area contributed by atoms with Gasteiger partial charge in [-0.2, -0.15) is 0 Å². The lowest BCUT2D eigenvalue weighted by Gasteiger charge is -2.14. The van der Waals surface area contributed by atoms with Gasteiger partial charge in [0.1, 0.15) is 11.4 Å². The fourth-order valence-electron chi connectivity index (χ4n) is 2.91. The third-order valence-electron chi connectivity index (χ3n) is 4.80. The van der Waals surface area contributed by atoms with E-state index in [1.54, 1.807) is 18.2 Å². The summed E-state index contributed by atoms with van der Waals surface area (Å²) >= 11 is 0. The number of hydrogen-bond acceptors (Lipinski definition) is 7. The van der Waals surface area contributed by atoms with E-state index < -0.39 is 27.1 Å². The first-order valence-corrected chi connectivity index (χ1v) is 9.13. The van der Waals surface area contributed by atoms with Gasteiger partial charge in [0.25, 0.3) is 17.3 Å². The van der Waals surface area contributed by atoms with Crippen molar-refractivity contribution in [3.8, 4) is 11.6 Å². The average molecular weight is 422 g/mol. The number of rotatable bonds is 6. The topological polar surface area (TPSA) is 138 Å². The van der Waals surface area contributed by atoms with Gasteiger partial charge in [-0.3, -0.25) is 25.0 Å². The van der Waals surface area contributed by atoms with Gasteiger partial charge in [0, 0.05) is 17.8 Å². The second kappa shape index (κ2) is 8.57. The largest absolute Gasteiger partial charge is 0.437 e. The Morgan fingerprint density at radius 3 is 2.42 bits per heavy atom. The number of pyridine rings is 1. The van der Waals surface area contributed by atoms with Gasteiger partial charge in [0.05, 0.1) is 21.5 Å². The standard InChI is InChI=1S/C21H18N4O6/c1-12-6-4-8-19(13(12)2)31-21-17(7-5-9-22-21)23-20(26)16-10-15(24(27)28)11-18(14(16)3)25(29)30/h4-11H,1-3H3,(H,23,26). The van der Waals surface area contributed by atoms with Crippen LogP contribution in [0.25, 0.3) is 0 Å². The molecule has 0 fully saturated rings. The fourth-order valence-corrected chi connectivity index (χ4v) is 2.91. The molecule has 0 saturated carbocycles. The van der Waals surface area contributed by atoms with Crippen LogP contribution in [0.4, 0.5) is 17.1 Å². The van der Waals surface area contributed by atoms with Crippen LogP contribution in [0.2, 0.25) is 0 Å². The quantitative estimate of drug-likeness (QED) is 0.442. The number of nitro benzene ring substituents is 2. The Hall–Kier alpha value is -4.34. The molecule has 0 saturated heterocycles. The number of hydrogen-bond donors (Lipinski definition) is 1. The second-order valence-electron chi connectivity index (χ2n) is 6.76. The molecule has 0 aliphatic heterocycles. The summed E-state index contributed by atoms with van der Waals surface area (Å²) in [4.78, 5) is 37.9. The molecule has 158 valence electrons. The van der Waals surface area contributed by atoms with E-state index in [1.807, 2.05) is 26.0 Å². The van der Waals surface area contributed by atoms with Crippen LogP contribution in [-0.2, 0) is 0 Å². The molecule has 1 heterocycles. The number of carbonyl (C=O) groups excluding carboxylic acids is 1. The SMILES string of the molecule is Cc1cccc(Oc2ncccc2NC(=O)c2cc([N+](=O)[O-])cc([N+](=O)[O-])c2C)c1C. The lowest BCUT2D eigenvalue weighted by atomic mass is 10.0. The van der Waals surface area contributed by atoms with Crippen LogP contribution in [0.1, 0.15) is 27.0 Å². The van der Waals surface area contributed by atoms with Crippen LogP contribution < -0.4 is 10.1 Å². The van der Waals surface area contributed by atoms with E-state index >= 15 is 0 Å². The number of anilines is 1. The Morgan fingerprint density at radius 2 is 1.74 bits per heavy atom. The van der Waals surface area contributed by atoms with Crippen LogP contribution in [0.15, 0.2) is 48.7 Å². The summed E-state index contributed by atoms with van der Waals surface area (Å²) in [5.41, 5.74) is 0.866. The van der Waals surface area contributed by atoms with Crippen molar-refractivity contribution in [1.82, 2.24) is 4.98 Å². The molecule has 10 nitrogen and oxygen atoms in total. The smallest absolute Gasteiger partial charge is 0.279 e. The minimum atomic E-state index is -0.789. The molecule has 3 aromatic rings. The summed E-state index contributed by atoms with van der Waals surface area (Å²) in [5.74, 6) is -0.0957. The lowest BCUT2D eigenvalue weighted by Crippen LogP contribution is -2.15. The van der Waals surface area contributed by atoms with E-state index in [0.717, 1.165) is 23.3 Å². The maximum absolute atomic E-state index is 12.9. The van der Waals surface area contributed by atoms with Crippen molar-refractivity contribution in [1.29, 1.82) is 0 Å². The van der Waals surface area contributed by atoms with E-state index in [2.05, 4.69) is 10.3 Å². The summed E-state index contributed by atoms with van der Waals surface area (Å²) in [7, 11) is 0. The second-order valence-corrected chi connectivity index (χ2v) is 6.76. The van der Waals surface area contributed by atoms with Crippen LogP contribution in [-0.4, -0.2) is 20.7 Å². The molecule has 1 amide bonds. The van der Waals surface area contributed by atoms with Crippen molar-refractivity contribution in [2.45, 2.75) is 20.8 Å². The summed E-state index contributed by atoms with van der Waals surface area (Å²) in [6.07, 6.45) is 1.49. The van der Waals surface area contributed by atoms with Crippen molar-refractivity contribution in [3.05, 3.63) is 91.1 Å². The molecule has 1 N–H and O–H groups in total. The van der Waals surface area contributed by atoms with Gasteiger partial charge in [-0.25, -0.2) is 4.98 Å². The molecule has 0 unspecified atom stereocenters. The van der Waals surface area contributed by atoms with E-state index in [0.29, 0.717) is 5.75 Å². The van der Waals surface area contributed by atoms with Crippen molar-refractivity contribution < 1.29 is 19.4 Å². The Bertz CT molecular complexity index is 1210. The summed E-state index contributed by atoms with van der Waals surface area (Å²) in [6, 6.07) is 10.5. The number of ether oxygens (including phenoxy) is 1. The fraction of sp³-hybridized carbons (Fsp3) is 0.143. The van der Waals surface area contributed by atoms with E-state index in [1.165, 1.54) is 13.1 Å². The van der Waals surface area contributed by atoms with Crippen molar-refractivity contribution in [2.75, 3.05) is 5.32 Å². The zero-order chi connectivity index (χ0) is 22.7. The van der Waals surface area contributed by atoms with Crippen molar-refractivity contribution in [2.24, 2.45) is 0 Å². The third-order valence-corrected chi connectivity index (χ3v) is 4.80. The van der Waals surface area contributed by atoms with Crippen molar-refractivity contribution in [3.63, 3.8) is 0 Å². The maximum atomic E-state index is 12.9. The molecule has 3 rings (SSSR count). The monoisotopic (exact) mass is 422 g/mol. The number of aromatic nitrogens is 1. The third kappa shape index (κ3) is 4.47. The minimum Gasteiger partial charge on any atom is -0.437 e. The molecule has 0 atom stereocenters. The number of nitrogens with zero attached hydrogens (tertiary/aromatic N) is 3. The minimum absolute atomic E-state index is 0.00832. The molecule has 0 aliphatic carbocycles. The van der Waals surface area contributed by atoms with E-state index in [-0.39, 0.29) is 22.7 Å². The van der Waals surface area contributed by atoms with Gasteiger partial charge in [-0.15, -0.1) is 0 Å². The number of amides is 1. The lowest BCUT2D eigenvalue weighted by molar-refractivity contribution is -0.394. The first-order chi connectivity index (χ1) is 14.7. The van der Waals surface area contributed by atoms with Gasteiger partial charge in [-0.05, 0) is 50.1 Å².